The molecule has 1 fully saturated rings. The molecule has 0 spiro atoms. The van der Waals surface area contributed by atoms with Gasteiger partial charge in [0.05, 0.1) is 4.47 Å². The second-order valence-corrected chi connectivity index (χ2v) is 4.93. The van der Waals surface area contributed by atoms with Crippen LogP contribution in [0.25, 0.3) is 0 Å². The van der Waals surface area contributed by atoms with Crippen LogP contribution in [0.3, 0.4) is 0 Å². The van der Waals surface area contributed by atoms with Crippen molar-refractivity contribution in [1.29, 1.82) is 0 Å². The van der Waals surface area contributed by atoms with E-state index in [1.807, 2.05) is 6.92 Å². The fourth-order valence-corrected chi connectivity index (χ4v) is 2.43. The number of anilines is 1. The number of nitrogens with zero attached hydrogens (tertiary/aromatic N) is 1. The van der Waals surface area contributed by atoms with Gasteiger partial charge in [-0.15, -0.1) is 0 Å². The lowest BCUT2D eigenvalue weighted by molar-refractivity contribution is -0.119. The van der Waals surface area contributed by atoms with E-state index in [2.05, 4.69) is 20.8 Å². The summed E-state index contributed by atoms with van der Waals surface area (Å²) in [5.74, 6) is 0.0454. The average Bonchev–Trinajstić information content (AvgIpc) is 2.25. The van der Waals surface area contributed by atoms with Crippen LogP contribution in [0.2, 0.25) is 0 Å². The van der Waals surface area contributed by atoms with Gasteiger partial charge in [0.1, 0.15) is 11.6 Å². The highest BCUT2D eigenvalue weighted by atomic mass is 79.9. The van der Waals surface area contributed by atoms with Crippen LogP contribution < -0.4 is 4.90 Å². The van der Waals surface area contributed by atoms with Gasteiger partial charge < -0.3 is 4.90 Å². The quantitative estimate of drug-likeness (QED) is 0.790. The molecule has 2 rings (SSSR count). The predicted octanol–water partition coefficient (Wildman–Crippen LogP) is 3.07. The average molecular weight is 286 g/mol. The van der Waals surface area contributed by atoms with E-state index in [-0.39, 0.29) is 5.82 Å². The first-order valence-electron chi connectivity index (χ1n) is 5.30. The monoisotopic (exact) mass is 285 g/mol. The van der Waals surface area contributed by atoms with Crippen molar-refractivity contribution < 1.29 is 9.18 Å². The fraction of sp³-hybridized carbons (Fsp3) is 0.417. The lowest BCUT2D eigenvalue weighted by Gasteiger charge is -2.29. The van der Waals surface area contributed by atoms with E-state index in [1.165, 1.54) is 6.07 Å². The van der Waals surface area contributed by atoms with Crippen LogP contribution in [0.15, 0.2) is 16.6 Å². The van der Waals surface area contributed by atoms with E-state index < -0.39 is 0 Å². The van der Waals surface area contributed by atoms with Gasteiger partial charge in [0.25, 0.3) is 0 Å². The smallest absolute Gasteiger partial charge is 0.139 e. The van der Waals surface area contributed by atoms with Crippen molar-refractivity contribution in [1.82, 2.24) is 0 Å². The lowest BCUT2D eigenvalue weighted by Crippen LogP contribution is -2.34. The first-order valence-corrected chi connectivity index (χ1v) is 6.09. The van der Waals surface area contributed by atoms with Gasteiger partial charge in [0.15, 0.2) is 0 Å². The minimum absolute atomic E-state index is 0.252. The minimum atomic E-state index is -0.252. The largest absolute Gasteiger partial charge is 0.370 e. The molecule has 1 heterocycles. The van der Waals surface area contributed by atoms with Gasteiger partial charge in [-0.1, -0.05) is 0 Å². The number of Topliss-reactive ketones (excluding diaryl/α,β-unsaturated/α-hetero) is 1. The molecule has 1 aliphatic rings. The summed E-state index contributed by atoms with van der Waals surface area (Å²) in [6.45, 7) is 3.34. The maximum Gasteiger partial charge on any atom is 0.139 e. The van der Waals surface area contributed by atoms with Crippen LogP contribution in [-0.4, -0.2) is 18.9 Å². The number of aryl methyl sites for hydroxylation is 1. The predicted molar refractivity (Wildman–Crippen MR) is 65.3 cm³/mol. The Bertz CT molecular complexity index is 423. The van der Waals surface area contributed by atoms with Gasteiger partial charge >= 0.3 is 0 Å². The summed E-state index contributed by atoms with van der Waals surface area (Å²) >= 11 is 3.17. The molecule has 4 heteroatoms. The Morgan fingerprint density at radius 1 is 1.31 bits per heavy atom. The second kappa shape index (κ2) is 4.53. The molecule has 0 atom stereocenters. The number of piperidine rings is 1. The van der Waals surface area contributed by atoms with Crippen LogP contribution in [-0.2, 0) is 4.79 Å². The summed E-state index contributed by atoms with van der Waals surface area (Å²) in [5, 5.41) is 0. The molecule has 16 heavy (non-hydrogen) atoms. The fourth-order valence-electron chi connectivity index (χ4n) is 1.97. The first kappa shape index (κ1) is 11.6. The molecule has 0 amide bonds. The molecule has 1 aliphatic heterocycles. The molecular weight excluding hydrogens is 273 g/mol. The molecule has 0 radical (unpaired) electrons. The molecule has 0 N–H and O–H groups in total. The van der Waals surface area contributed by atoms with E-state index in [9.17, 15) is 9.18 Å². The van der Waals surface area contributed by atoms with E-state index in [1.54, 1.807) is 6.07 Å². The Morgan fingerprint density at radius 2 is 1.94 bits per heavy atom. The summed E-state index contributed by atoms with van der Waals surface area (Å²) < 4.78 is 13.9. The molecule has 1 aromatic carbocycles. The van der Waals surface area contributed by atoms with Crippen molar-refractivity contribution in [3.05, 3.63) is 28.0 Å². The number of hydrogen-bond donors (Lipinski definition) is 0. The Kier molecular flexibility index (Phi) is 3.28. The highest BCUT2D eigenvalue weighted by molar-refractivity contribution is 9.10. The van der Waals surface area contributed by atoms with Crippen LogP contribution in [0.1, 0.15) is 18.4 Å². The number of benzene rings is 1. The second-order valence-electron chi connectivity index (χ2n) is 4.08. The number of hydrogen-bond acceptors (Lipinski definition) is 2. The van der Waals surface area contributed by atoms with E-state index in [4.69, 9.17) is 0 Å². The molecule has 0 unspecified atom stereocenters. The number of carbonyl (C=O) groups excluding carboxylic acids is 1. The summed E-state index contributed by atoms with van der Waals surface area (Å²) in [6, 6.07) is 3.32. The van der Waals surface area contributed by atoms with Crippen molar-refractivity contribution in [3.8, 4) is 0 Å². The molecule has 0 saturated carbocycles. The maximum absolute atomic E-state index is 13.5. The maximum atomic E-state index is 13.5. The van der Waals surface area contributed by atoms with Crippen LogP contribution >= 0.6 is 15.9 Å². The van der Waals surface area contributed by atoms with Gasteiger partial charge in [-0.25, -0.2) is 4.39 Å². The van der Waals surface area contributed by atoms with Crippen LogP contribution in [0.4, 0.5) is 10.1 Å². The van der Waals surface area contributed by atoms with Gasteiger partial charge in [-0.05, 0) is 40.5 Å². The molecular formula is C12H13BrFNO. The summed E-state index contributed by atoms with van der Waals surface area (Å²) in [4.78, 5) is 13.2. The van der Waals surface area contributed by atoms with Crippen molar-refractivity contribution in [3.63, 3.8) is 0 Å². The van der Waals surface area contributed by atoms with Crippen molar-refractivity contribution in [2.75, 3.05) is 18.0 Å². The Morgan fingerprint density at radius 3 is 2.56 bits per heavy atom. The number of carbonyl (C=O) groups is 1. The van der Waals surface area contributed by atoms with E-state index >= 15 is 0 Å². The van der Waals surface area contributed by atoms with E-state index in [0.717, 1.165) is 11.3 Å². The van der Waals surface area contributed by atoms with Gasteiger partial charge in [0.2, 0.25) is 0 Å². The van der Waals surface area contributed by atoms with Gasteiger partial charge in [0, 0.05) is 31.6 Å². The van der Waals surface area contributed by atoms with Crippen molar-refractivity contribution in [2.24, 2.45) is 0 Å². The molecule has 1 saturated heterocycles. The van der Waals surface area contributed by atoms with Crippen LogP contribution in [0.5, 0.6) is 0 Å². The molecule has 0 aromatic heterocycles. The number of halogens is 2. The summed E-state index contributed by atoms with van der Waals surface area (Å²) in [7, 11) is 0. The third-order valence-corrected chi connectivity index (χ3v) is 3.51. The van der Waals surface area contributed by atoms with Crippen molar-refractivity contribution in [2.45, 2.75) is 19.8 Å². The van der Waals surface area contributed by atoms with Gasteiger partial charge in [-0.3, -0.25) is 4.79 Å². The zero-order valence-corrected chi connectivity index (χ0v) is 10.7. The van der Waals surface area contributed by atoms with Crippen molar-refractivity contribution >= 4 is 27.4 Å². The summed E-state index contributed by atoms with van der Waals surface area (Å²) in [6.07, 6.45) is 1.13. The molecule has 86 valence electrons. The topological polar surface area (TPSA) is 20.3 Å². The minimum Gasteiger partial charge on any atom is -0.370 e. The van der Waals surface area contributed by atoms with Crippen LogP contribution in [0, 0.1) is 12.7 Å². The summed E-state index contributed by atoms with van der Waals surface area (Å²) in [5.41, 5.74) is 1.93. The third kappa shape index (κ3) is 2.26. The number of ketones is 1. The Balaban J connectivity index is 2.26. The molecule has 2 nitrogen and oxygen atoms in total. The zero-order valence-electron chi connectivity index (χ0n) is 9.09. The molecule has 1 aromatic rings. The third-order valence-electron chi connectivity index (χ3n) is 2.90. The number of rotatable bonds is 1. The molecule has 0 aliphatic carbocycles. The highest BCUT2D eigenvalue weighted by Crippen LogP contribution is 2.28. The highest BCUT2D eigenvalue weighted by Gasteiger charge is 2.18. The zero-order chi connectivity index (χ0) is 11.7. The first-order chi connectivity index (χ1) is 7.58. The Labute approximate surface area is 103 Å². The molecule has 0 bridgehead atoms. The standard InChI is InChI=1S/C12H13BrFNO/c1-8-6-10(13)11(14)7-12(8)15-4-2-9(16)3-5-15/h6-7H,2-5H2,1H3. The van der Waals surface area contributed by atoms with E-state index in [0.29, 0.717) is 36.2 Å². The lowest BCUT2D eigenvalue weighted by atomic mass is 10.1. The van der Waals surface area contributed by atoms with Gasteiger partial charge in [-0.2, -0.15) is 0 Å². The normalized spacial score (nSPS) is 16.7. The SMILES string of the molecule is Cc1cc(Br)c(F)cc1N1CCC(=O)CC1. The Hall–Kier alpha value is -0.900.